The lowest BCUT2D eigenvalue weighted by Crippen LogP contribution is -2.31. The summed E-state index contributed by atoms with van der Waals surface area (Å²) in [7, 11) is -3.56. The van der Waals surface area contributed by atoms with Crippen molar-refractivity contribution in [3.8, 4) is 0 Å². The first-order valence-electron chi connectivity index (χ1n) is 4.10. The van der Waals surface area contributed by atoms with Gasteiger partial charge >= 0.3 is 0 Å². The number of carbonyl (C=O) groups is 1. The second-order valence-electron chi connectivity index (χ2n) is 2.95. The first-order chi connectivity index (χ1) is 6.88. The van der Waals surface area contributed by atoms with Crippen LogP contribution in [-0.4, -0.2) is 31.8 Å². The largest absolute Gasteiger partial charge is 0.361 e. The molecule has 0 aromatic carbocycles. The van der Waals surface area contributed by atoms with E-state index in [-0.39, 0.29) is 18.0 Å². The summed E-state index contributed by atoms with van der Waals surface area (Å²) in [5, 5.41) is 10.6. The first-order valence-corrected chi connectivity index (χ1v) is 5.82. The van der Waals surface area contributed by atoms with E-state index in [1.165, 1.54) is 6.07 Å². The summed E-state index contributed by atoms with van der Waals surface area (Å²) in [6, 6.07) is 1.45. The van der Waals surface area contributed by atoms with E-state index in [2.05, 4.69) is 15.0 Å². The Morgan fingerprint density at radius 2 is 2.33 bits per heavy atom. The molecule has 0 bridgehead atoms. The zero-order valence-electron chi connectivity index (χ0n) is 8.06. The Morgan fingerprint density at radius 3 is 2.80 bits per heavy atom. The number of amides is 1. The quantitative estimate of drug-likeness (QED) is 0.692. The van der Waals surface area contributed by atoms with E-state index in [0.717, 1.165) is 0 Å². The molecule has 0 aliphatic carbocycles. The number of aromatic nitrogens is 1. The normalized spacial score (nSPS) is 11.3. The van der Waals surface area contributed by atoms with Crippen LogP contribution in [0.25, 0.3) is 0 Å². The highest BCUT2D eigenvalue weighted by Gasteiger charge is 2.11. The lowest BCUT2D eigenvalue weighted by Gasteiger charge is -2.00. The average Bonchev–Trinajstić information content (AvgIpc) is 2.49. The number of nitrogens with one attached hydrogen (secondary N) is 1. The van der Waals surface area contributed by atoms with Gasteiger partial charge in [-0.15, -0.1) is 0 Å². The van der Waals surface area contributed by atoms with E-state index in [1.807, 2.05) is 0 Å². The third kappa shape index (κ3) is 4.09. The summed E-state index contributed by atoms with van der Waals surface area (Å²) >= 11 is 0. The molecule has 84 valence electrons. The van der Waals surface area contributed by atoms with E-state index >= 15 is 0 Å². The van der Waals surface area contributed by atoms with Gasteiger partial charge in [0.25, 0.3) is 5.91 Å². The molecule has 1 rings (SSSR count). The molecule has 0 atom stereocenters. The van der Waals surface area contributed by atoms with Gasteiger partial charge in [-0.25, -0.2) is 13.6 Å². The molecule has 1 amide bonds. The number of carbonyl (C=O) groups excluding carboxylic acids is 1. The molecule has 15 heavy (non-hydrogen) atoms. The van der Waals surface area contributed by atoms with Crippen molar-refractivity contribution in [3.63, 3.8) is 0 Å². The van der Waals surface area contributed by atoms with E-state index < -0.39 is 15.9 Å². The molecule has 3 N–H and O–H groups in total. The highest BCUT2D eigenvalue weighted by Crippen LogP contribution is 2.00. The fraction of sp³-hybridized carbons (Fsp3) is 0.429. The number of rotatable bonds is 4. The third-order valence-corrected chi connectivity index (χ3v) is 2.31. The topological polar surface area (TPSA) is 115 Å². The van der Waals surface area contributed by atoms with Crippen LogP contribution in [0.15, 0.2) is 10.6 Å². The molecule has 1 aromatic heterocycles. The standard InChI is InChI=1S/C7H11N3O4S/c1-5-4-6(10-14-5)7(11)9-2-3-15(8,12)13/h4H,2-3H2,1H3,(H,9,11)(H2,8,12,13). The molecular formula is C7H11N3O4S. The van der Waals surface area contributed by atoms with Gasteiger partial charge in [-0.1, -0.05) is 5.16 Å². The maximum Gasteiger partial charge on any atom is 0.273 e. The molecule has 0 saturated carbocycles. The minimum Gasteiger partial charge on any atom is -0.361 e. The van der Waals surface area contributed by atoms with Gasteiger partial charge in [0.2, 0.25) is 10.0 Å². The van der Waals surface area contributed by atoms with E-state index in [4.69, 9.17) is 5.14 Å². The zero-order valence-corrected chi connectivity index (χ0v) is 8.87. The van der Waals surface area contributed by atoms with Crippen LogP contribution < -0.4 is 10.5 Å². The van der Waals surface area contributed by atoms with E-state index in [9.17, 15) is 13.2 Å². The second-order valence-corrected chi connectivity index (χ2v) is 4.68. The molecular weight excluding hydrogens is 222 g/mol. The van der Waals surface area contributed by atoms with Gasteiger partial charge in [0.1, 0.15) is 5.76 Å². The van der Waals surface area contributed by atoms with Crippen LogP contribution in [-0.2, 0) is 10.0 Å². The van der Waals surface area contributed by atoms with Gasteiger partial charge < -0.3 is 9.84 Å². The van der Waals surface area contributed by atoms with Gasteiger partial charge in [-0.2, -0.15) is 0 Å². The maximum atomic E-state index is 11.3. The molecule has 1 aromatic rings. The van der Waals surface area contributed by atoms with Crippen molar-refractivity contribution >= 4 is 15.9 Å². The Bertz CT molecular complexity index is 451. The smallest absolute Gasteiger partial charge is 0.273 e. The number of aryl methyl sites for hydroxylation is 1. The molecule has 0 unspecified atom stereocenters. The number of primary sulfonamides is 1. The van der Waals surface area contributed by atoms with Crippen molar-refractivity contribution in [2.24, 2.45) is 5.14 Å². The van der Waals surface area contributed by atoms with Gasteiger partial charge in [0, 0.05) is 12.6 Å². The fourth-order valence-electron chi connectivity index (χ4n) is 0.871. The van der Waals surface area contributed by atoms with E-state index in [1.54, 1.807) is 6.92 Å². The number of nitrogens with zero attached hydrogens (tertiary/aromatic N) is 1. The predicted molar refractivity (Wildman–Crippen MR) is 51.5 cm³/mol. The summed E-state index contributed by atoms with van der Waals surface area (Å²) in [5.41, 5.74) is 0.113. The van der Waals surface area contributed by atoms with E-state index in [0.29, 0.717) is 5.76 Å². The zero-order chi connectivity index (χ0) is 11.5. The highest BCUT2D eigenvalue weighted by molar-refractivity contribution is 7.89. The molecule has 0 spiro atoms. The lowest BCUT2D eigenvalue weighted by atomic mass is 10.3. The second kappa shape index (κ2) is 4.41. The SMILES string of the molecule is Cc1cc(C(=O)NCCS(N)(=O)=O)no1. The average molecular weight is 233 g/mol. The first kappa shape index (κ1) is 11.7. The Hall–Kier alpha value is -1.41. The van der Waals surface area contributed by atoms with Crippen molar-refractivity contribution in [2.45, 2.75) is 6.92 Å². The van der Waals surface area contributed by atoms with Crippen LogP contribution in [0.5, 0.6) is 0 Å². The number of hydrogen-bond donors (Lipinski definition) is 2. The van der Waals surface area contributed by atoms with Gasteiger partial charge in [-0.3, -0.25) is 4.79 Å². The highest BCUT2D eigenvalue weighted by atomic mass is 32.2. The fourth-order valence-corrected chi connectivity index (χ4v) is 1.26. The Balaban J connectivity index is 2.44. The van der Waals surface area contributed by atoms with Crippen molar-refractivity contribution < 1.29 is 17.7 Å². The minimum absolute atomic E-state index is 0.0520. The molecule has 0 radical (unpaired) electrons. The van der Waals surface area contributed by atoms with Crippen LogP contribution in [0.1, 0.15) is 16.2 Å². The predicted octanol–water partition coefficient (Wildman–Crippen LogP) is -0.999. The summed E-state index contributed by atoms with van der Waals surface area (Å²) < 4.78 is 25.8. The van der Waals surface area contributed by atoms with Crippen molar-refractivity contribution in [2.75, 3.05) is 12.3 Å². The maximum absolute atomic E-state index is 11.3. The van der Waals surface area contributed by atoms with Crippen LogP contribution in [0.4, 0.5) is 0 Å². The van der Waals surface area contributed by atoms with Gasteiger partial charge in [0.15, 0.2) is 5.69 Å². The molecule has 0 saturated heterocycles. The third-order valence-electron chi connectivity index (χ3n) is 1.53. The number of hydrogen-bond acceptors (Lipinski definition) is 5. The van der Waals surface area contributed by atoms with Gasteiger partial charge in [-0.05, 0) is 6.92 Å². The number of sulfonamides is 1. The number of nitrogens with two attached hydrogens (primary N) is 1. The molecule has 8 heteroatoms. The molecule has 1 heterocycles. The van der Waals surface area contributed by atoms with Crippen LogP contribution >= 0.6 is 0 Å². The van der Waals surface area contributed by atoms with Crippen LogP contribution in [0.2, 0.25) is 0 Å². The molecule has 0 aliphatic heterocycles. The van der Waals surface area contributed by atoms with Crippen LogP contribution in [0.3, 0.4) is 0 Å². The summed E-state index contributed by atoms with van der Waals surface area (Å²) in [5.74, 6) is -0.294. The van der Waals surface area contributed by atoms with Crippen molar-refractivity contribution in [1.29, 1.82) is 0 Å². The molecule has 7 nitrogen and oxygen atoms in total. The summed E-state index contributed by atoms with van der Waals surface area (Å²) in [6.45, 7) is 1.59. The molecule has 0 aliphatic rings. The Morgan fingerprint density at radius 1 is 1.67 bits per heavy atom. The molecule has 0 fully saturated rings. The summed E-state index contributed by atoms with van der Waals surface area (Å²) in [4.78, 5) is 11.3. The van der Waals surface area contributed by atoms with Crippen molar-refractivity contribution in [1.82, 2.24) is 10.5 Å². The Labute approximate surface area is 86.7 Å². The Kier molecular flexibility index (Phi) is 3.43. The minimum atomic E-state index is -3.56. The lowest BCUT2D eigenvalue weighted by molar-refractivity contribution is 0.0947. The monoisotopic (exact) mass is 233 g/mol. The van der Waals surface area contributed by atoms with Crippen LogP contribution in [0, 0.1) is 6.92 Å². The van der Waals surface area contributed by atoms with Crippen molar-refractivity contribution in [3.05, 3.63) is 17.5 Å². The summed E-state index contributed by atoms with van der Waals surface area (Å²) in [6.07, 6.45) is 0. The van der Waals surface area contributed by atoms with Gasteiger partial charge in [0.05, 0.1) is 5.75 Å².